The van der Waals surface area contributed by atoms with Gasteiger partial charge in [-0.15, -0.1) is 0 Å². The predicted molar refractivity (Wildman–Crippen MR) is 82.9 cm³/mol. The number of nitrogens with zero attached hydrogens (tertiary/aromatic N) is 3. The van der Waals surface area contributed by atoms with Crippen LogP contribution < -0.4 is 0 Å². The minimum atomic E-state index is -0.783. The monoisotopic (exact) mass is 309 g/mol. The summed E-state index contributed by atoms with van der Waals surface area (Å²) in [5, 5.41) is 9.81. The van der Waals surface area contributed by atoms with Crippen LogP contribution in [0.3, 0.4) is 0 Å². The Hall–Kier alpha value is -1.01. The van der Waals surface area contributed by atoms with Gasteiger partial charge >= 0.3 is 5.97 Å². The molecule has 6 heteroatoms. The molecule has 0 amide bonds. The maximum atomic E-state index is 10.9. The van der Waals surface area contributed by atoms with Gasteiger partial charge in [0.15, 0.2) is 5.16 Å². The van der Waals surface area contributed by atoms with Crippen molar-refractivity contribution in [3.05, 3.63) is 11.9 Å². The molecule has 3 rings (SSSR count). The van der Waals surface area contributed by atoms with Crippen molar-refractivity contribution in [1.82, 2.24) is 14.5 Å². The number of aromatic nitrogens is 2. The zero-order chi connectivity index (χ0) is 15.0. The summed E-state index contributed by atoms with van der Waals surface area (Å²) >= 11 is 1.35. The summed E-state index contributed by atoms with van der Waals surface area (Å²) in [6.07, 6.45) is 5.63. The van der Waals surface area contributed by atoms with Gasteiger partial charge < -0.3 is 9.67 Å². The molecule has 1 aromatic rings. The second kappa shape index (κ2) is 6.01. The summed E-state index contributed by atoms with van der Waals surface area (Å²) in [6, 6.07) is 1.07. The Morgan fingerprint density at radius 1 is 1.43 bits per heavy atom. The van der Waals surface area contributed by atoms with Gasteiger partial charge in [0.25, 0.3) is 0 Å². The Kier molecular flexibility index (Phi) is 4.26. The number of hydrogen-bond acceptors (Lipinski definition) is 4. The van der Waals surface area contributed by atoms with Crippen LogP contribution >= 0.6 is 11.8 Å². The molecule has 0 saturated carbocycles. The molecule has 0 aliphatic carbocycles. The summed E-state index contributed by atoms with van der Waals surface area (Å²) in [5.74, 6) is -0.294. The van der Waals surface area contributed by atoms with Gasteiger partial charge in [0.2, 0.25) is 0 Å². The van der Waals surface area contributed by atoms with Gasteiger partial charge in [0, 0.05) is 24.5 Å². The Bertz CT molecular complexity index is 529. The highest BCUT2D eigenvalue weighted by molar-refractivity contribution is 7.99. The lowest BCUT2D eigenvalue weighted by Gasteiger charge is -2.25. The number of fused-ring (bicyclic) bond motifs is 1. The van der Waals surface area contributed by atoms with Crippen LogP contribution in [-0.4, -0.2) is 50.4 Å². The van der Waals surface area contributed by atoms with Crippen LogP contribution in [0.25, 0.3) is 0 Å². The first-order valence-corrected chi connectivity index (χ1v) is 8.72. The molecule has 21 heavy (non-hydrogen) atoms. The molecule has 0 aromatic carbocycles. The van der Waals surface area contributed by atoms with Gasteiger partial charge in [-0.25, -0.2) is 4.98 Å². The van der Waals surface area contributed by atoms with Crippen molar-refractivity contribution in [3.63, 3.8) is 0 Å². The summed E-state index contributed by atoms with van der Waals surface area (Å²) in [5.41, 5.74) is 1.24. The lowest BCUT2D eigenvalue weighted by atomic mass is 10.0. The number of rotatable bonds is 5. The Labute approximate surface area is 129 Å². The number of carboxylic acids is 1. The third kappa shape index (κ3) is 2.83. The zero-order valence-corrected chi connectivity index (χ0v) is 13.5. The van der Waals surface area contributed by atoms with Gasteiger partial charge in [0.1, 0.15) is 0 Å². The summed E-state index contributed by atoms with van der Waals surface area (Å²) in [4.78, 5) is 18.0. The second-order valence-corrected chi connectivity index (χ2v) is 7.22. The van der Waals surface area contributed by atoms with Crippen LogP contribution in [0.2, 0.25) is 0 Å². The highest BCUT2D eigenvalue weighted by atomic mass is 32.2. The maximum Gasteiger partial charge on any atom is 0.313 e. The standard InChI is InChI=1S/C15H23N3O2S/c1-10(2)13-8-16-15(21-9-14(19)20)18(13)12-5-7-17-6-3-4-11(12)17/h8,10-12H,3-7,9H2,1-2H3,(H,19,20). The molecule has 116 valence electrons. The van der Waals surface area contributed by atoms with Gasteiger partial charge in [-0.3, -0.25) is 9.69 Å². The number of imidazole rings is 1. The van der Waals surface area contributed by atoms with E-state index in [1.165, 1.54) is 36.8 Å². The number of carboxylic acid groups (broad SMARTS) is 1. The number of aliphatic carboxylic acids is 1. The highest BCUT2D eigenvalue weighted by Crippen LogP contribution is 2.40. The molecule has 2 saturated heterocycles. The van der Waals surface area contributed by atoms with E-state index < -0.39 is 5.97 Å². The molecule has 1 N–H and O–H groups in total. The molecule has 5 nitrogen and oxygen atoms in total. The van der Waals surface area contributed by atoms with Crippen molar-refractivity contribution in [3.8, 4) is 0 Å². The number of thioether (sulfide) groups is 1. The first kappa shape index (κ1) is 14.9. The minimum Gasteiger partial charge on any atom is -0.481 e. The van der Waals surface area contributed by atoms with E-state index >= 15 is 0 Å². The van der Waals surface area contributed by atoms with E-state index in [0.717, 1.165) is 18.1 Å². The Balaban J connectivity index is 1.90. The van der Waals surface area contributed by atoms with Crippen LogP contribution in [0.15, 0.2) is 11.4 Å². The zero-order valence-electron chi connectivity index (χ0n) is 12.7. The van der Waals surface area contributed by atoms with E-state index in [9.17, 15) is 4.79 Å². The smallest absolute Gasteiger partial charge is 0.313 e. The molecule has 3 heterocycles. The lowest BCUT2D eigenvalue weighted by Crippen LogP contribution is -2.28. The average molecular weight is 309 g/mol. The van der Waals surface area contributed by atoms with Crippen LogP contribution in [-0.2, 0) is 4.79 Å². The first-order chi connectivity index (χ1) is 10.1. The van der Waals surface area contributed by atoms with Crippen molar-refractivity contribution >= 4 is 17.7 Å². The Morgan fingerprint density at radius 3 is 2.95 bits per heavy atom. The summed E-state index contributed by atoms with van der Waals surface area (Å²) in [6.45, 7) is 6.74. The predicted octanol–water partition coefficient (Wildman–Crippen LogP) is 2.59. The van der Waals surface area contributed by atoms with Gasteiger partial charge in [0.05, 0.1) is 11.8 Å². The van der Waals surface area contributed by atoms with E-state index in [4.69, 9.17) is 5.11 Å². The normalized spacial score (nSPS) is 25.7. The van der Waals surface area contributed by atoms with Gasteiger partial charge in [-0.1, -0.05) is 25.6 Å². The van der Waals surface area contributed by atoms with Crippen LogP contribution in [0.5, 0.6) is 0 Å². The topological polar surface area (TPSA) is 58.4 Å². The van der Waals surface area contributed by atoms with Gasteiger partial charge in [-0.2, -0.15) is 0 Å². The molecule has 0 spiro atoms. The molecule has 2 atom stereocenters. The van der Waals surface area contributed by atoms with Crippen molar-refractivity contribution in [2.75, 3.05) is 18.8 Å². The third-order valence-electron chi connectivity index (χ3n) is 4.61. The fourth-order valence-electron chi connectivity index (χ4n) is 3.71. The third-order valence-corrected chi connectivity index (χ3v) is 5.56. The summed E-state index contributed by atoms with van der Waals surface area (Å²) < 4.78 is 2.34. The molecular formula is C15H23N3O2S. The van der Waals surface area contributed by atoms with Crippen molar-refractivity contribution in [2.45, 2.75) is 56.3 Å². The van der Waals surface area contributed by atoms with Crippen LogP contribution in [0, 0.1) is 0 Å². The SMILES string of the molecule is CC(C)c1cnc(SCC(=O)O)n1C1CCN2CCCC12. The van der Waals surface area contributed by atoms with Crippen molar-refractivity contribution in [1.29, 1.82) is 0 Å². The highest BCUT2D eigenvalue weighted by Gasteiger charge is 2.39. The molecule has 0 radical (unpaired) electrons. The van der Waals surface area contributed by atoms with E-state index in [0.29, 0.717) is 18.0 Å². The van der Waals surface area contributed by atoms with E-state index in [1.807, 2.05) is 6.20 Å². The fourth-order valence-corrected chi connectivity index (χ4v) is 4.47. The second-order valence-electron chi connectivity index (χ2n) is 6.27. The van der Waals surface area contributed by atoms with Crippen molar-refractivity contribution < 1.29 is 9.90 Å². The van der Waals surface area contributed by atoms with E-state index in [-0.39, 0.29) is 5.75 Å². The van der Waals surface area contributed by atoms with E-state index in [2.05, 4.69) is 28.3 Å². The van der Waals surface area contributed by atoms with Crippen LogP contribution in [0.1, 0.15) is 50.8 Å². The van der Waals surface area contributed by atoms with Crippen molar-refractivity contribution in [2.24, 2.45) is 0 Å². The maximum absolute atomic E-state index is 10.9. The molecule has 0 bridgehead atoms. The number of hydrogen-bond donors (Lipinski definition) is 1. The van der Waals surface area contributed by atoms with E-state index in [1.54, 1.807) is 0 Å². The quantitative estimate of drug-likeness (QED) is 0.847. The molecule has 2 unspecified atom stereocenters. The first-order valence-electron chi connectivity index (χ1n) is 7.73. The molecule has 2 aliphatic rings. The Morgan fingerprint density at radius 2 is 2.24 bits per heavy atom. The minimum absolute atomic E-state index is 0.0790. The number of carbonyl (C=O) groups is 1. The molecule has 2 aliphatic heterocycles. The average Bonchev–Trinajstić information content (AvgIpc) is 3.10. The van der Waals surface area contributed by atoms with Gasteiger partial charge in [-0.05, 0) is 31.7 Å². The largest absolute Gasteiger partial charge is 0.481 e. The van der Waals surface area contributed by atoms with Crippen LogP contribution in [0.4, 0.5) is 0 Å². The molecule has 2 fully saturated rings. The lowest BCUT2D eigenvalue weighted by molar-refractivity contribution is -0.133. The summed E-state index contributed by atoms with van der Waals surface area (Å²) in [7, 11) is 0. The fraction of sp³-hybridized carbons (Fsp3) is 0.733. The molecule has 1 aromatic heterocycles. The molecular weight excluding hydrogens is 286 g/mol.